The molecule has 33 heavy (non-hydrogen) atoms. The number of amides is 2. The molecule has 0 saturated carbocycles. The molecule has 0 fully saturated rings. The largest absolute Gasteiger partial charge is 0.361 e. The molecule has 2 amide bonds. The van der Waals surface area contributed by atoms with Gasteiger partial charge in [-0.05, 0) is 60.2 Å². The van der Waals surface area contributed by atoms with Gasteiger partial charge in [-0.3, -0.25) is 25.2 Å². The predicted octanol–water partition coefficient (Wildman–Crippen LogP) is 3.11. The van der Waals surface area contributed by atoms with Gasteiger partial charge in [0.2, 0.25) is 5.91 Å². The third-order valence-electron chi connectivity index (χ3n) is 4.86. The van der Waals surface area contributed by atoms with Gasteiger partial charge in [0, 0.05) is 28.4 Å². The number of sulfonamides is 1. The Bertz CT molecular complexity index is 1420. The summed E-state index contributed by atoms with van der Waals surface area (Å²) in [4.78, 5) is 27.5. The van der Waals surface area contributed by atoms with Crippen LogP contribution in [0.4, 0.5) is 10.1 Å². The van der Waals surface area contributed by atoms with Crippen molar-refractivity contribution in [3.63, 3.8) is 0 Å². The minimum Gasteiger partial charge on any atom is -0.361 e. The minimum atomic E-state index is -3.90. The van der Waals surface area contributed by atoms with Crippen LogP contribution < -0.4 is 15.6 Å². The molecule has 0 bridgehead atoms. The summed E-state index contributed by atoms with van der Waals surface area (Å²) in [5.74, 6) is -1.50. The summed E-state index contributed by atoms with van der Waals surface area (Å²) in [5.41, 5.74) is 6.86. The van der Waals surface area contributed by atoms with E-state index in [1.165, 1.54) is 24.3 Å². The van der Waals surface area contributed by atoms with Crippen molar-refractivity contribution in [1.29, 1.82) is 0 Å². The number of para-hydroxylation sites is 1. The van der Waals surface area contributed by atoms with Crippen molar-refractivity contribution in [3.8, 4) is 0 Å². The number of anilines is 1. The number of H-pyrrole nitrogens is 1. The van der Waals surface area contributed by atoms with Crippen LogP contribution in [-0.2, 0) is 21.2 Å². The summed E-state index contributed by atoms with van der Waals surface area (Å²) in [5, 5.41) is 0.928. The van der Waals surface area contributed by atoms with Crippen LogP contribution in [0.25, 0.3) is 10.9 Å². The number of nitrogens with one attached hydrogen (secondary N) is 4. The smallest absolute Gasteiger partial charge is 0.269 e. The summed E-state index contributed by atoms with van der Waals surface area (Å²) in [6.07, 6.45) is 1.83. The molecule has 1 aromatic heterocycles. The first-order chi connectivity index (χ1) is 15.8. The molecular formula is C23H19FN4O4S. The third-order valence-corrected chi connectivity index (χ3v) is 6.26. The van der Waals surface area contributed by atoms with Crippen LogP contribution in [-0.4, -0.2) is 25.2 Å². The Hall–Kier alpha value is -4.18. The lowest BCUT2D eigenvalue weighted by Gasteiger charge is -2.10. The van der Waals surface area contributed by atoms with E-state index in [1.54, 1.807) is 6.20 Å². The third kappa shape index (κ3) is 5.18. The SMILES string of the molecule is O=C(Cc1c[nH]c2ccccc12)NNC(=O)c1ccc(NS(=O)(=O)c2ccc(F)cc2)cc1. The molecule has 1 heterocycles. The highest BCUT2D eigenvalue weighted by molar-refractivity contribution is 7.92. The van der Waals surface area contributed by atoms with E-state index < -0.39 is 27.7 Å². The maximum Gasteiger partial charge on any atom is 0.269 e. The summed E-state index contributed by atoms with van der Waals surface area (Å²) in [6.45, 7) is 0. The molecular weight excluding hydrogens is 447 g/mol. The van der Waals surface area contributed by atoms with Crippen LogP contribution in [0.3, 0.4) is 0 Å². The first-order valence-corrected chi connectivity index (χ1v) is 11.3. The molecule has 0 aliphatic carbocycles. The topological polar surface area (TPSA) is 120 Å². The molecule has 8 nitrogen and oxygen atoms in total. The van der Waals surface area contributed by atoms with Crippen LogP contribution >= 0.6 is 0 Å². The van der Waals surface area contributed by atoms with Crippen LogP contribution in [0.2, 0.25) is 0 Å². The molecule has 3 aromatic carbocycles. The second-order valence-electron chi connectivity index (χ2n) is 7.18. The molecule has 4 N–H and O–H groups in total. The number of hydrogen-bond donors (Lipinski definition) is 4. The van der Waals surface area contributed by atoms with E-state index in [0.29, 0.717) is 0 Å². The van der Waals surface area contributed by atoms with Gasteiger partial charge in [-0.25, -0.2) is 12.8 Å². The van der Waals surface area contributed by atoms with E-state index in [9.17, 15) is 22.4 Å². The van der Waals surface area contributed by atoms with Crippen molar-refractivity contribution >= 4 is 38.4 Å². The highest BCUT2D eigenvalue weighted by atomic mass is 32.2. The maximum atomic E-state index is 13.0. The van der Waals surface area contributed by atoms with Crippen LogP contribution in [0.15, 0.2) is 83.9 Å². The lowest BCUT2D eigenvalue weighted by Crippen LogP contribution is -2.42. The van der Waals surface area contributed by atoms with Gasteiger partial charge in [0.05, 0.1) is 11.3 Å². The van der Waals surface area contributed by atoms with Crippen LogP contribution in [0.5, 0.6) is 0 Å². The predicted molar refractivity (Wildman–Crippen MR) is 121 cm³/mol. The Labute approximate surface area is 188 Å². The van der Waals surface area contributed by atoms with E-state index in [0.717, 1.165) is 40.7 Å². The summed E-state index contributed by atoms with van der Waals surface area (Å²) in [7, 11) is -3.90. The average Bonchev–Trinajstić information content (AvgIpc) is 3.21. The molecule has 0 aliphatic rings. The Morgan fingerprint density at radius 2 is 1.58 bits per heavy atom. The number of benzene rings is 3. The van der Waals surface area contributed by atoms with E-state index in [4.69, 9.17) is 0 Å². The molecule has 4 aromatic rings. The van der Waals surface area contributed by atoms with Gasteiger partial charge in [0.25, 0.3) is 15.9 Å². The molecule has 10 heteroatoms. The van der Waals surface area contributed by atoms with Gasteiger partial charge in [-0.2, -0.15) is 0 Å². The molecule has 0 aliphatic heterocycles. The van der Waals surface area contributed by atoms with Gasteiger partial charge >= 0.3 is 0 Å². The fraction of sp³-hybridized carbons (Fsp3) is 0.0435. The van der Waals surface area contributed by atoms with Gasteiger partial charge in [0.1, 0.15) is 5.82 Å². The van der Waals surface area contributed by atoms with Crippen LogP contribution in [0.1, 0.15) is 15.9 Å². The van der Waals surface area contributed by atoms with Crippen molar-refractivity contribution in [2.45, 2.75) is 11.3 Å². The van der Waals surface area contributed by atoms with E-state index in [2.05, 4.69) is 20.6 Å². The fourth-order valence-electron chi connectivity index (χ4n) is 3.21. The summed E-state index contributed by atoms with van der Waals surface area (Å²) < 4.78 is 40.1. The normalized spacial score (nSPS) is 11.2. The maximum absolute atomic E-state index is 13.0. The Morgan fingerprint density at radius 3 is 2.30 bits per heavy atom. The molecule has 0 spiro atoms. The molecule has 168 valence electrons. The van der Waals surface area contributed by atoms with Crippen molar-refractivity contribution in [3.05, 3.63) is 95.9 Å². The Balaban J connectivity index is 1.33. The highest BCUT2D eigenvalue weighted by Crippen LogP contribution is 2.18. The Morgan fingerprint density at radius 1 is 0.879 bits per heavy atom. The second kappa shape index (κ2) is 9.13. The van der Waals surface area contributed by atoms with E-state index in [1.807, 2.05) is 24.3 Å². The molecule has 0 unspecified atom stereocenters. The second-order valence-corrected chi connectivity index (χ2v) is 8.86. The fourth-order valence-corrected chi connectivity index (χ4v) is 4.27. The lowest BCUT2D eigenvalue weighted by atomic mass is 10.1. The Kier molecular flexibility index (Phi) is 6.09. The first kappa shape index (κ1) is 22.0. The highest BCUT2D eigenvalue weighted by Gasteiger charge is 2.15. The molecule has 4 rings (SSSR count). The lowest BCUT2D eigenvalue weighted by molar-refractivity contribution is -0.121. The van der Waals surface area contributed by atoms with Gasteiger partial charge in [0.15, 0.2) is 0 Å². The molecule has 0 radical (unpaired) electrons. The average molecular weight is 466 g/mol. The zero-order valence-corrected chi connectivity index (χ0v) is 17.9. The van der Waals surface area contributed by atoms with Crippen molar-refractivity contribution in [2.24, 2.45) is 0 Å². The van der Waals surface area contributed by atoms with Crippen LogP contribution in [0, 0.1) is 5.82 Å². The van der Waals surface area contributed by atoms with Crippen molar-refractivity contribution in [1.82, 2.24) is 15.8 Å². The zero-order chi connectivity index (χ0) is 23.4. The number of aromatic amines is 1. The number of halogens is 1. The zero-order valence-electron chi connectivity index (χ0n) is 17.1. The number of rotatable bonds is 6. The number of aromatic nitrogens is 1. The van der Waals surface area contributed by atoms with E-state index >= 15 is 0 Å². The number of carbonyl (C=O) groups is 2. The van der Waals surface area contributed by atoms with Gasteiger partial charge in [-0.1, -0.05) is 18.2 Å². The first-order valence-electron chi connectivity index (χ1n) is 9.84. The number of hydrazine groups is 1. The minimum absolute atomic E-state index is 0.0778. The number of hydrogen-bond acceptors (Lipinski definition) is 4. The van der Waals surface area contributed by atoms with E-state index in [-0.39, 0.29) is 22.6 Å². The van der Waals surface area contributed by atoms with Crippen molar-refractivity contribution in [2.75, 3.05) is 4.72 Å². The van der Waals surface area contributed by atoms with Gasteiger partial charge < -0.3 is 4.98 Å². The van der Waals surface area contributed by atoms with Crippen molar-refractivity contribution < 1.29 is 22.4 Å². The molecule has 0 atom stereocenters. The number of carbonyl (C=O) groups excluding carboxylic acids is 2. The number of fused-ring (bicyclic) bond motifs is 1. The summed E-state index contributed by atoms with van der Waals surface area (Å²) >= 11 is 0. The standard InChI is InChI=1S/C23H19FN4O4S/c24-17-7-11-19(12-8-17)33(31,32)28-18-9-5-15(6-10-18)23(30)27-26-22(29)13-16-14-25-21-4-2-1-3-20(16)21/h1-12,14,25,28H,13H2,(H,26,29)(H,27,30). The monoisotopic (exact) mass is 466 g/mol. The quantitative estimate of drug-likeness (QED) is 0.326. The molecule has 0 saturated heterocycles. The summed E-state index contributed by atoms with van der Waals surface area (Å²) in [6, 6.07) is 17.6. The van der Waals surface area contributed by atoms with Gasteiger partial charge in [-0.15, -0.1) is 0 Å².